The number of carbonyl (C=O) groups excluding carboxylic acids is 2. The molecule has 142 valence electrons. The highest BCUT2D eigenvalue weighted by Crippen LogP contribution is 2.17. The summed E-state index contributed by atoms with van der Waals surface area (Å²) in [5.74, 6) is -0.203. The zero-order chi connectivity index (χ0) is 19.8. The Balaban J connectivity index is 1.46. The van der Waals surface area contributed by atoms with E-state index in [1.54, 1.807) is 18.3 Å². The average molecular weight is 438 g/mol. The van der Waals surface area contributed by atoms with E-state index in [1.165, 1.54) is 6.20 Å². The predicted molar refractivity (Wildman–Crippen MR) is 113 cm³/mol. The van der Waals surface area contributed by atoms with Crippen LogP contribution < -0.4 is 10.6 Å². The lowest BCUT2D eigenvalue weighted by molar-refractivity contribution is -0.121. The van der Waals surface area contributed by atoms with Crippen molar-refractivity contribution in [2.75, 3.05) is 5.32 Å². The van der Waals surface area contributed by atoms with Crippen LogP contribution in [-0.4, -0.2) is 16.8 Å². The summed E-state index contributed by atoms with van der Waals surface area (Å²) in [4.78, 5) is 28.1. The Morgan fingerprint density at radius 1 is 0.964 bits per heavy atom. The number of aryl methyl sites for hydroxylation is 1. The smallest absolute Gasteiger partial charge is 0.257 e. The quantitative estimate of drug-likeness (QED) is 0.577. The van der Waals surface area contributed by atoms with Gasteiger partial charge in [0.05, 0.1) is 5.56 Å². The van der Waals surface area contributed by atoms with E-state index in [9.17, 15) is 9.59 Å². The van der Waals surface area contributed by atoms with Crippen LogP contribution in [0, 0.1) is 0 Å². The Bertz CT molecular complexity index is 944. The molecule has 0 bridgehead atoms. The predicted octanol–water partition coefficient (Wildman–Crippen LogP) is 4.35. The number of nitrogens with zero attached hydrogens (tertiary/aromatic N) is 1. The Hall–Kier alpha value is -2.99. The maximum atomic E-state index is 12.1. The molecule has 0 fully saturated rings. The Kier molecular flexibility index (Phi) is 6.92. The van der Waals surface area contributed by atoms with Crippen LogP contribution in [0.2, 0.25) is 0 Å². The zero-order valence-electron chi connectivity index (χ0n) is 15.2. The first-order chi connectivity index (χ1) is 13.6. The molecule has 0 saturated carbocycles. The van der Waals surface area contributed by atoms with Crippen molar-refractivity contribution in [3.8, 4) is 0 Å². The van der Waals surface area contributed by atoms with Gasteiger partial charge in [-0.25, -0.2) is 0 Å². The SMILES string of the molecule is O=C(CCc1ccccc1Br)NCc1ccc(NC(=O)c2cccnc2)cc1. The van der Waals surface area contributed by atoms with E-state index in [4.69, 9.17) is 0 Å². The molecule has 0 unspecified atom stereocenters. The third-order valence-electron chi connectivity index (χ3n) is 4.20. The standard InChI is InChI=1S/C22H20BrN3O2/c23-20-6-2-1-4-17(20)9-12-21(27)25-14-16-7-10-19(11-8-16)26-22(28)18-5-3-13-24-15-18/h1-8,10-11,13,15H,9,12,14H2,(H,25,27)(H,26,28). The molecule has 0 saturated heterocycles. The normalized spacial score (nSPS) is 10.3. The minimum atomic E-state index is -0.207. The molecule has 3 aromatic rings. The fraction of sp³-hybridized carbons (Fsp3) is 0.136. The molecule has 2 N–H and O–H groups in total. The number of nitrogens with one attached hydrogen (secondary N) is 2. The van der Waals surface area contributed by atoms with E-state index in [0.717, 1.165) is 15.6 Å². The van der Waals surface area contributed by atoms with Crippen molar-refractivity contribution < 1.29 is 9.59 Å². The molecule has 2 aromatic carbocycles. The molecule has 0 aliphatic rings. The highest BCUT2D eigenvalue weighted by atomic mass is 79.9. The fourth-order valence-corrected chi connectivity index (χ4v) is 3.13. The molecule has 28 heavy (non-hydrogen) atoms. The molecule has 0 radical (unpaired) electrons. The third-order valence-corrected chi connectivity index (χ3v) is 4.98. The van der Waals surface area contributed by atoms with E-state index in [2.05, 4.69) is 31.5 Å². The average Bonchev–Trinajstić information content (AvgIpc) is 2.73. The summed E-state index contributed by atoms with van der Waals surface area (Å²) in [6.45, 7) is 0.450. The highest BCUT2D eigenvalue weighted by Gasteiger charge is 2.07. The second kappa shape index (κ2) is 9.80. The van der Waals surface area contributed by atoms with Gasteiger partial charge >= 0.3 is 0 Å². The summed E-state index contributed by atoms with van der Waals surface area (Å²) in [5.41, 5.74) is 3.28. The van der Waals surface area contributed by atoms with Gasteiger partial charge in [-0.2, -0.15) is 0 Å². The summed E-state index contributed by atoms with van der Waals surface area (Å²) < 4.78 is 1.02. The van der Waals surface area contributed by atoms with Crippen LogP contribution >= 0.6 is 15.9 Å². The van der Waals surface area contributed by atoms with Gasteiger partial charge < -0.3 is 10.6 Å². The van der Waals surface area contributed by atoms with E-state index in [-0.39, 0.29) is 11.8 Å². The second-order valence-electron chi connectivity index (χ2n) is 6.26. The van der Waals surface area contributed by atoms with Crippen molar-refractivity contribution in [3.05, 3.63) is 94.2 Å². The molecule has 0 aliphatic carbocycles. The number of anilines is 1. The van der Waals surface area contributed by atoms with Crippen molar-refractivity contribution in [1.82, 2.24) is 10.3 Å². The Labute approximate surface area is 172 Å². The maximum Gasteiger partial charge on any atom is 0.257 e. The van der Waals surface area contributed by atoms with E-state index in [1.807, 2.05) is 48.5 Å². The van der Waals surface area contributed by atoms with Crippen LogP contribution in [0.25, 0.3) is 0 Å². The molecule has 0 atom stereocenters. The molecule has 3 rings (SSSR count). The maximum absolute atomic E-state index is 12.1. The van der Waals surface area contributed by atoms with Crippen molar-refractivity contribution >= 4 is 33.4 Å². The van der Waals surface area contributed by atoms with Gasteiger partial charge in [0.2, 0.25) is 5.91 Å². The van der Waals surface area contributed by atoms with Crippen molar-refractivity contribution in [1.29, 1.82) is 0 Å². The number of aromatic nitrogens is 1. The summed E-state index contributed by atoms with van der Waals surface area (Å²) in [6.07, 6.45) is 4.26. The number of amides is 2. The van der Waals surface area contributed by atoms with Crippen LogP contribution in [-0.2, 0) is 17.8 Å². The summed E-state index contributed by atoms with van der Waals surface area (Å²) in [7, 11) is 0. The monoisotopic (exact) mass is 437 g/mol. The lowest BCUT2D eigenvalue weighted by Gasteiger charge is -2.08. The highest BCUT2D eigenvalue weighted by molar-refractivity contribution is 9.10. The molecule has 0 aliphatic heterocycles. The lowest BCUT2D eigenvalue weighted by Crippen LogP contribution is -2.23. The largest absolute Gasteiger partial charge is 0.352 e. The Morgan fingerprint density at radius 3 is 2.46 bits per heavy atom. The van der Waals surface area contributed by atoms with Crippen LogP contribution in [0.4, 0.5) is 5.69 Å². The second-order valence-corrected chi connectivity index (χ2v) is 7.12. The number of pyridine rings is 1. The number of hydrogen-bond acceptors (Lipinski definition) is 3. The molecule has 6 heteroatoms. The number of carbonyl (C=O) groups is 2. The van der Waals surface area contributed by atoms with Gasteiger partial charge in [0.1, 0.15) is 0 Å². The van der Waals surface area contributed by atoms with Crippen LogP contribution in [0.15, 0.2) is 77.5 Å². The molecular weight excluding hydrogens is 418 g/mol. The molecule has 0 spiro atoms. The summed E-state index contributed by atoms with van der Waals surface area (Å²) >= 11 is 3.50. The molecule has 5 nitrogen and oxygen atoms in total. The number of halogens is 1. The van der Waals surface area contributed by atoms with Gasteiger partial charge in [0.25, 0.3) is 5.91 Å². The number of rotatable bonds is 7. The first-order valence-electron chi connectivity index (χ1n) is 8.92. The zero-order valence-corrected chi connectivity index (χ0v) is 16.8. The minimum Gasteiger partial charge on any atom is -0.352 e. The number of hydrogen-bond donors (Lipinski definition) is 2. The van der Waals surface area contributed by atoms with Crippen LogP contribution in [0.5, 0.6) is 0 Å². The van der Waals surface area contributed by atoms with Gasteiger partial charge in [-0.15, -0.1) is 0 Å². The first kappa shape index (κ1) is 19.8. The van der Waals surface area contributed by atoms with Crippen molar-refractivity contribution in [3.63, 3.8) is 0 Å². The van der Waals surface area contributed by atoms with Crippen LogP contribution in [0.3, 0.4) is 0 Å². The van der Waals surface area contributed by atoms with Crippen LogP contribution in [0.1, 0.15) is 27.9 Å². The summed E-state index contributed by atoms with van der Waals surface area (Å²) in [6, 6.07) is 18.7. The molecule has 1 heterocycles. The minimum absolute atomic E-state index is 0.00436. The van der Waals surface area contributed by atoms with E-state index < -0.39 is 0 Å². The van der Waals surface area contributed by atoms with E-state index >= 15 is 0 Å². The van der Waals surface area contributed by atoms with Gasteiger partial charge in [-0.1, -0.05) is 46.3 Å². The fourth-order valence-electron chi connectivity index (χ4n) is 2.64. The van der Waals surface area contributed by atoms with Gasteiger partial charge in [0.15, 0.2) is 0 Å². The van der Waals surface area contributed by atoms with Gasteiger partial charge in [0, 0.05) is 35.5 Å². The van der Waals surface area contributed by atoms with Crippen molar-refractivity contribution in [2.24, 2.45) is 0 Å². The summed E-state index contributed by atoms with van der Waals surface area (Å²) in [5, 5.41) is 5.75. The lowest BCUT2D eigenvalue weighted by atomic mass is 10.1. The Morgan fingerprint density at radius 2 is 1.75 bits per heavy atom. The first-order valence-corrected chi connectivity index (χ1v) is 9.71. The van der Waals surface area contributed by atoms with Gasteiger partial charge in [-0.05, 0) is 47.9 Å². The van der Waals surface area contributed by atoms with E-state index in [0.29, 0.717) is 30.6 Å². The third kappa shape index (κ3) is 5.76. The molecular formula is C22H20BrN3O2. The van der Waals surface area contributed by atoms with Gasteiger partial charge in [-0.3, -0.25) is 14.6 Å². The topological polar surface area (TPSA) is 71.1 Å². The molecule has 1 aromatic heterocycles. The van der Waals surface area contributed by atoms with Crippen molar-refractivity contribution in [2.45, 2.75) is 19.4 Å². The number of benzene rings is 2. The molecule has 2 amide bonds.